The lowest BCUT2D eigenvalue weighted by atomic mass is 10.1. The molecule has 4 heteroatoms. The van der Waals surface area contributed by atoms with E-state index in [1.165, 1.54) is 32.8 Å². The van der Waals surface area contributed by atoms with Crippen LogP contribution in [0.5, 0.6) is 0 Å². The molecule has 0 aliphatic carbocycles. The van der Waals surface area contributed by atoms with Crippen LogP contribution < -0.4 is 5.32 Å². The molecule has 1 atom stereocenters. The third kappa shape index (κ3) is 11.0. The van der Waals surface area contributed by atoms with E-state index in [1.807, 2.05) is 13.8 Å². The van der Waals surface area contributed by atoms with Crippen molar-refractivity contribution in [3.8, 4) is 0 Å². The SMILES string of the molecule is CCCCCCCOCCC(NC(C)C)C(=O)OC. The van der Waals surface area contributed by atoms with Gasteiger partial charge in [0.05, 0.1) is 7.11 Å². The number of carbonyl (C=O) groups is 1. The van der Waals surface area contributed by atoms with Gasteiger partial charge in [0, 0.05) is 19.3 Å². The molecule has 0 aromatic carbocycles. The van der Waals surface area contributed by atoms with Crippen molar-refractivity contribution in [3.05, 3.63) is 0 Å². The van der Waals surface area contributed by atoms with Crippen LogP contribution in [-0.4, -0.2) is 38.4 Å². The van der Waals surface area contributed by atoms with Crippen molar-refractivity contribution in [3.63, 3.8) is 0 Å². The van der Waals surface area contributed by atoms with E-state index in [1.54, 1.807) is 0 Å². The van der Waals surface area contributed by atoms with E-state index in [4.69, 9.17) is 9.47 Å². The van der Waals surface area contributed by atoms with Crippen LogP contribution in [-0.2, 0) is 14.3 Å². The zero-order chi connectivity index (χ0) is 14.5. The highest BCUT2D eigenvalue weighted by molar-refractivity contribution is 5.75. The first-order valence-corrected chi connectivity index (χ1v) is 7.53. The Morgan fingerprint density at radius 3 is 2.37 bits per heavy atom. The average molecular weight is 273 g/mol. The van der Waals surface area contributed by atoms with E-state index in [2.05, 4.69) is 12.2 Å². The number of hydrogen-bond acceptors (Lipinski definition) is 4. The lowest BCUT2D eigenvalue weighted by Gasteiger charge is -2.18. The van der Waals surface area contributed by atoms with Gasteiger partial charge in [-0.25, -0.2) is 0 Å². The van der Waals surface area contributed by atoms with Crippen molar-refractivity contribution < 1.29 is 14.3 Å². The van der Waals surface area contributed by atoms with Gasteiger partial charge in [-0.05, 0) is 12.8 Å². The van der Waals surface area contributed by atoms with Gasteiger partial charge < -0.3 is 14.8 Å². The topological polar surface area (TPSA) is 47.6 Å². The molecule has 0 aliphatic heterocycles. The predicted molar refractivity (Wildman–Crippen MR) is 78.3 cm³/mol. The lowest BCUT2D eigenvalue weighted by Crippen LogP contribution is -2.42. The molecule has 0 heterocycles. The molecule has 0 bridgehead atoms. The van der Waals surface area contributed by atoms with Crippen molar-refractivity contribution in [1.82, 2.24) is 5.32 Å². The van der Waals surface area contributed by atoms with Gasteiger partial charge in [-0.1, -0.05) is 46.5 Å². The van der Waals surface area contributed by atoms with E-state index in [9.17, 15) is 4.79 Å². The first kappa shape index (κ1) is 18.4. The van der Waals surface area contributed by atoms with Crippen LogP contribution in [0, 0.1) is 0 Å². The van der Waals surface area contributed by atoms with Crippen molar-refractivity contribution in [2.24, 2.45) is 0 Å². The van der Waals surface area contributed by atoms with Gasteiger partial charge in [-0.3, -0.25) is 4.79 Å². The van der Waals surface area contributed by atoms with Crippen molar-refractivity contribution >= 4 is 5.97 Å². The summed E-state index contributed by atoms with van der Waals surface area (Å²) in [5.74, 6) is -0.208. The maximum Gasteiger partial charge on any atom is 0.322 e. The second-order valence-corrected chi connectivity index (χ2v) is 5.21. The van der Waals surface area contributed by atoms with E-state index < -0.39 is 0 Å². The van der Waals surface area contributed by atoms with Crippen LogP contribution in [0.2, 0.25) is 0 Å². The maximum atomic E-state index is 11.5. The molecule has 19 heavy (non-hydrogen) atoms. The summed E-state index contributed by atoms with van der Waals surface area (Å²) < 4.78 is 10.4. The molecular weight excluding hydrogens is 242 g/mol. The number of esters is 1. The number of ether oxygens (including phenoxy) is 2. The Hall–Kier alpha value is -0.610. The number of hydrogen-bond donors (Lipinski definition) is 1. The number of unbranched alkanes of at least 4 members (excludes halogenated alkanes) is 4. The van der Waals surface area contributed by atoms with Crippen molar-refractivity contribution in [1.29, 1.82) is 0 Å². The van der Waals surface area contributed by atoms with Gasteiger partial charge in [-0.2, -0.15) is 0 Å². The van der Waals surface area contributed by atoms with E-state index in [-0.39, 0.29) is 18.1 Å². The largest absolute Gasteiger partial charge is 0.468 e. The molecule has 0 fully saturated rings. The third-order valence-corrected chi connectivity index (χ3v) is 2.96. The molecule has 0 aromatic rings. The van der Waals surface area contributed by atoms with Crippen molar-refractivity contribution in [2.45, 2.75) is 71.4 Å². The van der Waals surface area contributed by atoms with Gasteiger partial charge in [0.25, 0.3) is 0 Å². The normalized spacial score (nSPS) is 12.7. The molecule has 0 saturated heterocycles. The second-order valence-electron chi connectivity index (χ2n) is 5.21. The van der Waals surface area contributed by atoms with Crippen LogP contribution >= 0.6 is 0 Å². The fourth-order valence-electron chi connectivity index (χ4n) is 1.92. The zero-order valence-corrected chi connectivity index (χ0v) is 13.0. The number of carbonyl (C=O) groups excluding carboxylic acids is 1. The summed E-state index contributed by atoms with van der Waals surface area (Å²) in [4.78, 5) is 11.5. The summed E-state index contributed by atoms with van der Waals surface area (Å²) in [6.45, 7) is 7.65. The number of rotatable bonds is 12. The summed E-state index contributed by atoms with van der Waals surface area (Å²) in [7, 11) is 1.42. The Kier molecular flexibility index (Phi) is 12.0. The minimum atomic E-state index is -0.259. The summed E-state index contributed by atoms with van der Waals surface area (Å²) in [5.41, 5.74) is 0. The monoisotopic (exact) mass is 273 g/mol. The summed E-state index contributed by atoms with van der Waals surface area (Å²) in [6.07, 6.45) is 6.88. The van der Waals surface area contributed by atoms with Crippen LogP contribution in [0.15, 0.2) is 0 Å². The van der Waals surface area contributed by atoms with Crippen LogP contribution in [0.25, 0.3) is 0 Å². The Labute approximate surface area is 118 Å². The quantitative estimate of drug-likeness (QED) is 0.439. The fraction of sp³-hybridized carbons (Fsp3) is 0.933. The van der Waals surface area contributed by atoms with Gasteiger partial charge in [0.15, 0.2) is 0 Å². The highest BCUT2D eigenvalue weighted by atomic mass is 16.5. The maximum absolute atomic E-state index is 11.5. The Bertz CT molecular complexity index is 219. The van der Waals surface area contributed by atoms with Crippen LogP contribution in [0.3, 0.4) is 0 Å². The van der Waals surface area contributed by atoms with Gasteiger partial charge in [0.1, 0.15) is 6.04 Å². The minimum absolute atomic E-state index is 0.208. The summed E-state index contributed by atoms with van der Waals surface area (Å²) in [6, 6.07) is 0.00300. The van der Waals surface area contributed by atoms with E-state index >= 15 is 0 Å². The lowest BCUT2D eigenvalue weighted by molar-refractivity contribution is -0.143. The second kappa shape index (κ2) is 12.4. The van der Waals surface area contributed by atoms with Gasteiger partial charge in [0.2, 0.25) is 0 Å². The number of methoxy groups -OCH3 is 1. The molecular formula is C15H31NO3. The summed E-state index contributed by atoms with van der Waals surface area (Å²) in [5, 5.41) is 3.19. The third-order valence-electron chi connectivity index (χ3n) is 2.96. The highest BCUT2D eigenvalue weighted by Crippen LogP contribution is 2.03. The fourth-order valence-corrected chi connectivity index (χ4v) is 1.92. The smallest absolute Gasteiger partial charge is 0.322 e. The van der Waals surface area contributed by atoms with Gasteiger partial charge in [-0.15, -0.1) is 0 Å². The molecule has 4 nitrogen and oxygen atoms in total. The Morgan fingerprint density at radius 2 is 1.79 bits per heavy atom. The minimum Gasteiger partial charge on any atom is -0.468 e. The molecule has 0 amide bonds. The number of nitrogens with one attached hydrogen (secondary N) is 1. The van der Waals surface area contributed by atoms with Crippen LogP contribution in [0.1, 0.15) is 59.3 Å². The molecule has 0 spiro atoms. The Balaban J connectivity index is 3.61. The molecule has 0 radical (unpaired) electrons. The average Bonchev–Trinajstić information content (AvgIpc) is 2.39. The molecule has 1 N–H and O–H groups in total. The predicted octanol–water partition coefficient (Wildman–Crippen LogP) is 2.90. The molecule has 114 valence electrons. The van der Waals surface area contributed by atoms with E-state index in [0.717, 1.165) is 13.0 Å². The van der Waals surface area contributed by atoms with Crippen LogP contribution in [0.4, 0.5) is 0 Å². The van der Waals surface area contributed by atoms with Gasteiger partial charge >= 0.3 is 5.97 Å². The summed E-state index contributed by atoms with van der Waals surface area (Å²) >= 11 is 0. The first-order valence-electron chi connectivity index (χ1n) is 7.53. The zero-order valence-electron chi connectivity index (χ0n) is 13.0. The molecule has 0 rings (SSSR count). The first-order chi connectivity index (χ1) is 9.11. The van der Waals surface area contributed by atoms with Crippen molar-refractivity contribution in [2.75, 3.05) is 20.3 Å². The van der Waals surface area contributed by atoms with E-state index in [0.29, 0.717) is 13.0 Å². The molecule has 0 aromatic heterocycles. The Morgan fingerprint density at radius 1 is 1.11 bits per heavy atom. The molecule has 0 saturated carbocycles. The highest BCUT2D eigenvalue weighted by Gasteiger charge is 2.19. The standard InChI is InChI=1S/C15H31NO3/c1-5-6-7-8-9-11-19-12-10-14(15(17)18-4)16-13(2)3/h13-14,16H,5-12H2,1-4H3. The molecule has 0 aliphatic rings. The molecule has 1 unspecified atom stereocenters.